The predicted octanol–water partition coefficient (Wildman–Crippen LogP) is 0.124. The maximum Gasteiger partial charge on any atom is 0.0535 e. The lowest BCUT2D eigenvalue weighted by molar-refractivity contribution is -0.0152. The summed E-state index contributed by atoms with van der Waals surface area (Å²) in [4.78, 5) is 0. The summed E-state index contributed by atoms with van der Waals surface area (Å²) in [6.07, 6.45) is 2.96. The van der Waals surface area contributed by atoms with Crippen molar-refractivity contribution in [1.29, 1.82) is 0 Å². The first-order valence-corrected chi connectivity index (χ1v) is 4.22. The van der Waals surface area contributed by atoms with E-state index in [0.717, 1.165) is 32.5 Å². The Kier molecular flexibility index (Phi) is 3.30. The van der Waals surface area contributed by atoms with Crippen LogP contribution in [0.1, 0.15) is 19.3 Å². The lowest BCUT2D eigenvalue weighted by Gasteiger charge is -2.35. The summed E-state index contributed by atoms with van der Waals surface area (Å²) in [7, 11) is 0. The Bertz CT molecular complexity index is 105. The molecule has 3 N–H and O–H groups in total. The molecule has 1 fully saturated rings. The van der Waals surface area contributed by atoms with E-state index in [1.54, 1.807) is 0 Å². The Morgan fingerprint density at radius 3 is 2.82 bits per heavy atom. The molecule has 0 aromatic carbocycles. The summed E-state index contributed by atoms with van der Waals surface area (Å²) in [5.41, 5.74) is 5.71. The minimum Gasteiger partial charge on any atom is -0.396 e. The quantitative estimate of drug-likeness (QED) is 0.615. The number of hydrogen-bond donors (Lipinski definition) is 2. The van der Waals surface area contributed by atoms with Gasteiger partial charge in [-0.1, -0.05) is 0 Å². The van der Waals surface area contributed by atoms with E-state index >= 15 is 0 Å². The van der Waals surface area contributed by atoms with Crippen LogP contribution in [0.5, 0.6) is 0 Å². The predicted molar refractivity (Wildman–Crippen MR) is 43.2 cm³/mol. The Hall–Kier alpha value is -0.120. The van der Waals surface area contributed by atoms with Crippen LogP contribution in [0.3, 0.4) is 0 Å². The molecule has 1 aliphatic rings. The number of ether oxygens (including phenoxy) is 1. The normalized spacial score (nSPS) is 32.2. The second kappa shape index (κ2) is 4.04. The Labute approximate surface area is 67.5 Å². The fraction of sp³-hybridized carbons (Fsp3) is 1.00. The van der Waals surface area contributed by atoms with Crippen molar-refractivity contribution in [2.24, 2.45) is 11.1 Å². The summed E-state index contributed by atoms with van der Waals surface area (Å²) in [6, 6.07) is 0. The zero-order valence-electron chi connectivity index (χ0n) is 6.88. The minimum atomic E-state index is 0.0764. The Balaban J connectivity index is 2.42. The molecule has 1 saturated heterocycles. The van der Waals surface area contributed by atoms with Crippen molar-refractivity contribution in [1.82, 2.24) is 0 Å². The van der Waals surface area contributed by atoms with Gasteiger partial charge < -0.3 is 15.6 Å². The standard InChI is InChI=1S/C8H17NO2/c9-6-8(3-4-10)2-1-5-11-7-8/h10H,1-7,9H2. The monoisotopic (exact) mass is 159 g/mol. The average Bonchev–Trinajstić information content (AvgIpc) is 2.07. The van der Waals surface area contributed by atoms with Crippen LogP contribution in [0.25, 0.3) is 0 Å². The van der Waals surface area contributed by atoms with E-state index in [0.29, 0.717) is 6.54 Å². The highest BCUT2D eigenvalue weighted by molar-refractivity contribution is 4.82. The molecule has 0 aromatic rings. The van der Waals surface area contributed by atoms with Gasteiger partial charge in [0.15, 0.2) is 0 Å². The van der Waals surface area contributed by atoms with Crippen LogP contribution in [-0.2, 0) is 4.74 Å². The highest BCUT2D eigenvalue weighted by Gasteiger charge is 2.30. The van der Waals surface area contributed by atoms with Gasteiger partial charge in [-0.15, -0.1) is 0 Å². The summed E-state index contributed by atoms with van der Waals surface area (Å²) in [6.45, 7) is 2.44. The van der Waals surface area contributed by atoms with Crippen molar-refractivity contribution in [3.63, 3.8) is 0 Å². The second-order valence-electron chi connectivity index (χ2n) is 3.33. The fourth-order valence-corrected chi connectivity index (χ4v) is 1.61. The molecule has 0 amide bonds. The van der Waals surface area contributed by atoms with Crippen LogP contribution in [0, 0.1) is 5.41 Å². The smallest absolute Gasteiger partial charge is 0.0535 e. The molecule has 66 valence electrons. The molecule has 3 heteroatoms. The summed E-state index contributed by atoms with van der Waals surface area (Å²) in [5.74, 6) is 0. The summed E-state index contributed by atoms with van der Waals surface area (Å²) < 4.78 is 5.34. The first-order valence-electron chi connectivity index (χ1n) is 4.22. The lowest BCUT2D eigenvalue weighted by atomic mass is 9.80. The number of nitrogens with two attached hydrogens (primary N) is 1. The first-order chi connectivity index (χ1) is 5.33. The third-order valence-corrected chi connectivity index (χ3v) is 2.48. The van der Waals surface area contributed by atoms with Crippen LogP contribution in [-0.4, -0.2) is 31.5 Å². The summed E-state index contributed by atoms with van der Waals surface area (Å²) >= 11 is 0. The maximum absolute atomic E-state index is 8.80. The lowest BCUT2D eigenvalue weighted by Crippen LogP contribution is -2.39. The van der Waals surface area contributed by atoms with Gasteiger partial charge >= 0.3 is 0 Å². The van der Waals surface area contributed by atoms with E-state index in [4.69, 9.17) is 15.6 Å². The van der Waals surface area contributed by atoms with Gasteiger partial charge in [0, 0.05) is 25.2 Å². The molecule has 3 nitrogen and oxygen atoms in total. The van der Waals surface area contributed by atoms with E-state index in [1.165, 1.54) is 0 Å². The molecule has 1 aliphatic heterocycles. The van der Waals surface area contributed by atoms with Crippen LogP contribution in [0.4, 0.5) is 0 Å². The molecule has 0 aliphatic carbocycles. The van der Waals surface area contributed by atoms with E-state index < -0.39 is 0 Å². The maximum atomic E-state index is 8.80. The zero-order chi connectivity index (χ0) is 8.16. The minimum absolute atomic E-state index is 0.0764. The van der Waals surface area contributed by atoms with Gasteiger partial charge in [-0.3, -0.25) is 0 Å². The van der Waals surface area contributed by atoms with Gasteiger partial charge in [0.25, 0.3) is 0 Å². The summed E-state index contributed by atoms with van der Waals surface area (Å²) in [5, 5.41) is 8.80. The van der Waals surface area contributed by atoms with Gasteiger partial charge in [0.1, 0.15) is 0 Å². The van der Waals surface area contributed by atoms with E-state index in [2.05, 4.69) is 0 Å². The van der Waals surface area contributed by atoms with Crippen molar-refractivity contribution in [3.8, 4) is 0 Å². The first kappa shape index (κ1) is 8.97. The van der Waals surface area contributed by atoms with E-state index in [9.17, 15) is 0 Å². The van der Waals surface area contributed by atoms with Crippen LogP contribution >= 0.6 is 0 Å². The fourth-order valence-electron chi connectivity index (χ4n) is 1.61. The average molecular weight is 159 g/mol. The molecule has 0 aromatic heterocycles. The number of aliphatic hydroxyl groups excluding tert-OH is 1. The second-order valence-corrected chi connectivity index (χ2v) is 3.33. The van der Waals surface area contributed by atoms with Gasteiger partial charge in [-0.25, -0.2) is 0 Å². The third kappa shape index (κ3) is 2.15. The molecule has 1 atom stereocenters. The number of aliphatic hydroxyl groups is 1. The number of rotatable bonds is 3. The zero-order valence-corrected chi connectivity index (χ0v) is 6.88. The van der Waals surface area contributed by atoms with Crippen LogP contribution in [0.15, 0.2) is 0 Å². The van der Waals surface area contributed by atoms with Gasteiger partial charge in [-0.2, -0.15) is 0 Å². The van der Waals surface area contributed by atoms with Crippen LogP contribution in [0.2, 0.25) is 0 Å². The van der Waals surface area contributed by atoms with Gasteiger partial charge in [0.2, 0.25) is 0 Å². The van der Waals surface area contributed by atoms with Crippen molar-refractivity contribution < 1.29 is 9.84 Å². The molecular formula is C8H17NO2. The van der Waals surface area contributed by atoms with Crippen molar-refractivity contribution in [3.05, 3.63) is 0 Å². The van der Waals surface area contributed by atoms with Crippen molar-refractivity contribution in [2.75, 3.05) is 26.4 Å². The van der Waals surface area contributed by atoms with Crippen molar-refractivity contribution in [2.45, 2.75) is 19.3 Å². The highest BCUT2D eigenvalue weighted by Crippen LogP contribution is 2.30. The van der Waals surface area contributed by atoms with Crippen molar-refractivity contribution >= 4 is 0 Å². The topological polar surface area (TPSA) is 55.5 Å². The molecule has 1 heterocycles. The largest absolute Gasteiger partial charge is 0.396 e. The Morgan fingerprint density at radius 2 is 2.36 bits per heavy atom. The molecular weight excluding hydrogens is 142 g/mol. The van der Waals surface area contributed by atoms with Gasteiger partial charge in [-0.05, 0) is 19.3 Å². The number of hydrogen-bond acceptors (Lipinski definition) is 3. The van der Waals surface area contributed by atoms with E-state index in [1.807, 2.05) is 0 Å². The Morgan fingerprint density at radius 1 is 1.55 bits per heavy atom. The molecule has 11 heavy (non-hydrogen) atoms. The van der Waals surface area contributed by atoms with E-state index in [-0.39, 0.29) is 12.0 Å². The van der Waals surface area contributed by atoms with Crippen LogP contribution < -0.4 is 5.73 Å². The molecule has 0 radical (unpaired) electrons. The highest BCUT2D eigenvalue weighted by atomic mass is 16.5. The SMILES string of the molecule is NCC1(CCO)CCCOC1. The van der Waals surface area contributed by atoms with Gasteiger partial charge in [0.05, 0.1) is 6.61 Å². The molecule has 1 unspecified atom stereocenters. The molecule has 0 saturated carbocycles. The third-order valence-electron chi connectivity index (χ3n) is 2.48. The molecule has 0 spiro atoms. The molecule has 1 rings (SSSR count). The molecule has 0 bridgehead atoms.